The standard InChI is InChI=1S/C21H27ClN4O4/c1-20(2,3)30-19(29)21(7-6-11(17(24)27)10-16(21)23)26-18(28)15-9-12-8-13(22)4-5-14(12)25-15/h4-5,8-9,11,16,25H,6-7,10,23H2,1-3H3,(H2,24,27)(H,26,28). The molecule has 162 valence electrons. The fourth-order valence-electron chi connectivity index (χ4n) is 3.80. The summed E-state index contributed by atoms with van der Waals surface area (Å²) in [6.07, 6.45) is 0.649. The summed E-state index contributed by atoms with van der Waals surface area (Å²) < 4.78 is 5.58. The number of ether oxygens (including phenoxy) is 1. The van der Waals surface area contributed by atoms with Crippen molar-refractivity contribution in [2.45, 2.75) is 57.2 Å². The van der Waals surface area contributed by atoms with Gasteiger partial charge in [0.15, 0.2) is 5.54 Å². The molecule has 8 nitrogen and oxygen atoms in total. The molecule has 30 heavy (non-hydrogen) atoms. The second-order valence-corrected chi connectivity index (χ2v) is 9.26. The van der Waals surface area contributed by atoms with Gasteiger partial charge >= 0.3 is 5.97 Å². The van der Waals surface area contributed by atoms with Crippen LogP contribution in [0.4, 0.5) is 0 Å². The van der Waals surface area contributed by atoms with Crippen molar-refractivity contribution in [3.63, 3.8) is 0 Å². The molecule has 0 spiro atoms. The van der Waals surface area contributed by atoms with Crippen LogP contribution in [0.15, 0.2) is 24.3 Å². The summed E-state index contributed by atoms with van der Waals surface area (Å²) in [5.74, 6) is -2.05. The number of esters is 1. The number of aromatic amines is 1. The quantitative estimate of drug-likeness (QED) is 0.546. The van der Waals surface area contributed by atoms with Gasteiger partial charge in [-0.3, -0.25) is 9.59 Å². The average molecular weight is 435 g/mol. The molecule has 3 rings (SSSR count). The number of amides is 2. The summed E-state index contributed by atoms with van der Waals surface area (Å²) in [6.45, 7) is 5.22. The van der Waals surface area contributed by atoms with Crippen LogP contribution in [-0.4, -0.2) is 39.9 Å². The van der Waals surface area contributed by atoms with Gasteiger partial charge in [0.2, 0.25) is 5.91 Å². The highest BCUT2D eigenvalue weighted by atomic mass is 35.5. The van der Waals surface area contributed by atoms with E-state index in [9.17, 15) is 14.4 Å². The number of primary amides is 1. The van der Waals surface area contributed by atoms with E-state index in [4.69, 9.17) is 27.8 Å². The number of aromatic nitrogens is 1. The van der Waals surface area contributed by atoms with Gasteiger partial charge in [0, 0.05) is 27.9 Å². The normalized spacial score (nSPS) is 24.4. The molecule has 1 aromatic heterocycles. The van der Waals surface area contributed by atoms with Crippen molar-refractivity contribution in [2.75, 3.05) is 0 Å². The Bertz CT molecular complexity index is 997. The van der Waals surface area contributed by atoms with Crippen molar-refractivity contribution < 1.29 is 19.1 Å². The van der Waals surface area contributed by atoms with E-state index in [-0.39, 0.29) is 18.5 Å². The van der Waals surface area contributed by atoms with Crippen molar-refractivity contribution >= 4 is 40.3 Å². The molecule has 1 aromatic carbocycles. The summed E-state index contributed by atoms with van der Waals surface area (Å²) in [7, 11) is 0. The Morgan fingerprint density at radius 3 is 2.57 bits per heavy atom. The fourth-order valence-corrected chi connectivity index (χ4v) is 3.98. The second-order valence-electron chi connectivity index (χ2n) is 8.82. The highest BCUT2D eigenvalue weighted by Crippen LogP contribution is 2.34. The Balaban J connectivity index is 1.92. The predicted molar refractivity (Wildman–Crippen MR) is 114 cm³/mol. The fraction of sp³-hybridized carbons (Fsp3) is 0.476. The van der Waals surface area contributed by atoms with Gasteiger partial charge in [-0.2, -0.15) is 0 Å². The van der Waals surface area contributed by atoms with Crippen LogP contribution in [-0.2, 0) is 14.3 Å². The third kappa shape index (κ3) is 4.44. The van der Waals surface area contributed by atoms with Gasteiger partial charge in [0.1, 0.15) is 11.3 Å². The first kappa shape index (κ1) is 22.1. The van der Waals surface area contributed by atoms with E-state index in [1.165, 1.54) is 0 Å². The molecular weight excluding hydrogens is 408 g/mol. The summed E-state index contributed by atoms with van der Waals surface area (Å²) in [5.41, 5.74) is 10.5. The predicted octanol–water partition coefficient (Wildman–Crippen LogP) is 2.24. The Morgan fingerprint density at radius 2 is 1.97 bits per heavy atom. The van der Waals surface area contributed by atoms with E-state index in [1.54, 1.807) is 45.0 Å². The van der Waals surface area contributed by atoms with E-state index < -0.39 is 40.9 Å². The zero-order valence-electron chi connectivity index (χ0n) is 17.3. The van der Waals surface area contributed by atoms with Crippen LogP contribution in [0, 0.1) is 5.92 Å². The first-order valence-corrected chi connectivity index (χ1v) is 10.2. The molecule has 0 radical (unpaired) electrons. The third-order valence-electron chi connectivity index (χ3n) is 5.39. The van der Waals surface area contributed by atoms with E-state index in [2.05, 4.69) is 10.3 Å². The Kier molecular flexibility index (Phi) is 5.84. The lowest BCUT2D eigenvalue weighted by molar-refractivity contribution is -0.166. The number of carbonyl (C=O) groups is 3. The Labute approximate surface area is 179 Å². The summed E-state index contributed by atoms with van der Waals surface area (Å²) >= 11 is 6.02. The van der Waals surface area contributed by atoms with Gasteiger partial charge in [-0.05, 0) is 64.3 Å². The summed E-state index contributed by atoms with van der Waals surface area (Å²) in [6, 6.07) is 6.03. The van der Waals surface area contributed by atoms with E-state index in [0.29, 0.717) is 11.4 Å². The molecule has 0 saturated heterocycles. The SMILES string of the molecule is CC(C)(C)OC(=O)C1(NC(=O)c2cc3cc(Cl)ccc3[nH]2)CCC(C(N)=O)CC1N. The number of benzene rings is 1. The molecule has 3 unspecified atom stereocenters. The Hall–Kier alpha value is -2.58. The minimum absolute atomic E-state index is 0.147. The molecule has 1 heterocycles. The number of nitrogens with one attached hydrogen (secondary N) is 2. The van der Waals surface area contributed by atoms with Crippen molar-refractivity contribution in [1.82, 2.24) is 10.3 Å². The van der Waals surface area contributed by atoms with E-state index >= 15 is 0 Å². The molecule has 1 aliphatic carbocycles. The molecule has 0 bridgehead atoms. The van der Waals surface area contributed by atoms with Gasteiger partial charge in [-0.15, -0.1) is 0 Å². The third-order valence-corrected chi connectivity index (χ3v) is 5.62. The topological polar surface area (TPSA) is 140 Å². The van der Waals surface area contributed by atoms with E-state index in [0.717, 1.165) is 10.9 Å². The smallest absolute Gasteiger partial charge is 0.334 e. The number of hydrogen-bond acceptors (Lipinski definition) is 5. The second kappa shape index (κ2) is 7.92. The molecular formula is C21H27ClN4O4. The molecule has 1 saturated carbocycles. The highest BCUT2D eigenvalue weighted by Gasteiger charge is 2.52. The monoisotopic (exact) mass is 434 g/mol. The molecule has 1 fully saturated rings. The molecule has 9 heteroatoms. The first-order chi connectivity index (χ1) is 13.9. The molecule has 3 atom stereocenters. The van der Waals surface area contributed by atoms with Gasteiger partial charge < -0.3 is 26.5 Å². The molecule has 1 aliphatic rings. The maximum atomic E-state index is 13.1. The van der Waals surface area contributed by atoms with Gasteiger partial charge in [-0.1, -0.05) is 11.6 Å². The summed E-state index contributed by atoms with van der Waals surface area (Å²) in [5, 5.41) is 4.11. The summed E-state index contributed by atoms with van der Waals surface area (Å²) in [4.78, 5) is 40.9. The van der Waals surface area contributed by atoms with Crippen molar-refractivity contribution in [1.29, 1.82) is 0 Å². The first-order valence-electron chi connectivity index (χ1n) is 9.80. The van der Waals surface area contributed by atoms with Gasteiger partial charge in [0.05, 0.1) is 0 Å². The largest absolute Gasteiger partial charge is 0.458 e. The van der Waals surface area contributed by atoms with Crippen LogP contribution in [0.2, 0.25) is 5.02 Å². The van der Waals surface area contributed by atoms with Crippen LogP contribution in [0.3, 0.4) is 0 Å². The molecule has 2 amide bonds. The number of carbonyl (C=O) groups excluding carboxylic acids is 3. The lowest BCUT2D eigenvalue weighted by Crippen LogP contribution is -2.68. The maximum Gasteiger partial charge on any atom is 0.334 e. The van der Waals surface area contributed by atoms with Crippen molar-refractivity contribution in [3.8, 4) is 0 Å². The molecule has 6 N–H and O–H groups in total. The average Bonchev–Trinajstić information content (AvgIpc) is 3.05. The number of nitrogens with two attached hydrogens (primary N) is 2. The van der Waals surface area contributed by atoms with Gasteiger partial charge in [0.25, 0.3) is 5.91 Å². The zero-order chi connectivity index (χ0) is 22.3. The lowest BCUT2D eigenvalue weighted by atomic mass is 9.72. The van der Waals surface area contributed by atoms with Crippen molar-refractivity contribution in [3.05, 3.63) is 35.0 Å². The van der Waals surface area contributed by atoms with Crippen LogP contribution in [0.25, 0.3) is 10.9 Å². The number of halogens is 1. The molecule has 2 aromatic rings. The van der Waals surface area contributed by atoms with Crippen LogP contribution < -0.4 is 16.8 Å². The minimum Gasteiger partial charge on any atom is -0.458 e. The molecule has 0 aliphatic heterocycles. The minimum atomic E-state index is -1.47. The maximum absolute atomic E-state index is 13.1. The number of hydrogen-bond donors (Lipinski definition) is 4. The Morgan fingerprint density at radius 1 is 1.27 bits per heavy atom. The van der Waals surface area contributed by atoms with Crippen LogP contribution in [0.1, 0.15) is 50.5 Å². The highest BCUT2D eigenvalue weighted by molar-refractivity contribution is 6.31. The number of rotatable bonds is 4. The van der Waals surface area contributed by atoms with Crippen LogP contribution in [0.5, 0.6) is 0 Å². The van der Waals surface area contributed by atoms with Crippen LogP contribution >= 0.6 is 11.6 Å². The van der Waals surface area contributed by atoms with Crippen molar-refractivity contribution in [2.24, 2.45) is 17.4 Å². The van der Waals surface area contributed by atoms with E-state index in [1.807, 2.05) is 0 Å². The lowest BCUT2D eigenvalue weighted by Gasteiger charge is -2.43. The number of H-pyrrole nitrogens is 1. The van der Waals surface area contributed by atoms with Gasteiger partial charge in [-0.25, -0.2) is 4.79 Å². The zero-order valence-corrected chi connectivity index (χ0v) is 18.0. The number of fused-ring (bicyclic) bond motifs is 1.